The summed E-state index contributed by atoms with van der Waals surface area (Å²) in [5.41, 5.74) is 3.13. The van der Waals surface area contributed by atoms with Gasteiger partial charge in [-0.05, 0) is 47.9 Å². The Balaban J connectivity index is 1.97. The summed E-state index contributed by atoms with van der Waals surface area (Å²) in [7, 11) is 0. The molecule has 2 aromatic rings. The second kappa shape index (κ2) is 8.07. The van der Waals surface area contributed by atoms with E-state index < -0.39 is 11.6 Å². The van der Waals surface area contributed by atoms with Crippen LogP contribution in [0.4, 0.5) is 8.78 Å². The van der Waals surface area contributed by atoms with Crippen molar-refractivity contribution >= 4 is 0 Å². The van der Waals surface area contributed by atoms with E-state index >= 15 is 0 Å². The van der Waals surface area contributed by atoms with E-state index in [2.05, 4.69) is 31.2 Å². The number of halogens is 2. The molecule has 0 aliphatic heterocycles. The van der Waals surface area contributed by atoms with Gasteiger partial charge in [-0.15, -0.1) is 0 Å². The molecule has 1 atom stereocenters. The fourth-order valence-electron chi connectivity index (χ4n) is 2.79. The highest BCUT2D eigenvalue weighted by Gasteiger charge is 2.12. The first-order chi connectivity index (χ1) is 10.6. The molecule has 0 saturated heterocycles. The standard InChI is InChI=1S/C20H24F2/c1-3-4-5-6-16-7-9-17(10-8-16)13-15(2)19-12-11-18(21)14-20(19)22/h7-12,14-15H,3-6,13H2,1-2H3/t15-/m1/s1. The lowest BCUT2D eigenvalue weighted by molar-refractivity contribution is 0.558. The van der Waals surface area contributed by atoms with E-state index in [1.54, 1.807) is 6.07 Å². The molecule has 0 heterocycles. The fraction of sp³-hybridized carbons (Fsp3) is 0.400. The highest BCUT2D eigenvalue weighted by molar-refractivity contribution is 5.27. The Morgan fingerprint density at radius 2 is 1.59 bits per heavy atom. The van der Waals surface area contributed by atoms with Crippen molar-refractivity contribution in [3.05, 3.63) is 70.8 Å². The van der Waals surface area contributed by atoms with Crippen molar-refractivity contribution in [1.29, 1.82) is 0 Å². The predicted octanol–water partition coefficient (Wildman–Crippen LogP) is 6.04. The lowest BCUT2D eigenvalue weighted by Gasteiger charge is -2.13. The minimum atomic E-state index is -0.523. The summed E-state index contributed by atoms with van der Waals surface area (Å²) in [5.74, 6) is -0.944. The van der Waals surface area contributed by atoms with Crippen molar-refractivity contribution in [3.63, 3.8) is 0 Å². The number of hydrogen-bond acceptors (Lipinski definition) is 0. The van der Waals surface area contributed by atoms with Gasteiger partial charge in [0, 0.05) is 6.07 Å². The van der Waals surface area contributed by atoms with E-state index in [0.717, 1.165) is 18.9 Å². The van der Waals surface area contributed by atoms with Gasteiger partial charge in [0.05, 0.1) is 0 Å². The topological polar surface area (TPSA) is 0 Å². The van der Waals surface area contributed by atoms with Crippen LogP contribution in [-0.2, 0) is 12.8 Å². The molecule has 0 unspecified atom stereocenters. The molecule has 2 rings (SSSR count). The van der Waals surface area contributed by atoms with Crippen molar-refractivity contribution in [2.24, 2.45) is 0 Å². The zero-order valence-corrected chi connectivity index (χ0v) is 13.4. The molecule has 2 heteroatoms. The summed E-state index contributed by atoms with van der Waals surface area (Å²) < 4.78 is 26.8. The van der Waals surface area contributed by atoms with Crippen molar-refractivity contribution in [3.8, 4) is 0 Å². The largest absolute Gasteiger partial charge is 0.207 e. The summed E-state index contributed by atoms with van der Waals surface area (Å²) in [6.07, 6.45) is 5.61. The predicted molar refractivity (Wildman–Crippen MR) is 88.1 cm³/mol. The lowest BCUT2D eigenvalue weighted by Crippen LogP contribution is -2.02. The van der Waals surface area contributed by atoms with Gasteiger partial charge in [0.2, 0.25) is 0 Å². The minimum Gasteiger partial charge on any atom is -0.207 e. The molecule has 0 aliphatic rings. The van der Waals surface area contributed by atoms with Gasteiger partial charge >= 0.3 is 0 Å². The van der Waals surface area contributed by atoms with E-state index in [9.17, 15) is 8.78 Å². The molecule has 0 spiro atoms. The third-order valence-corrected chi connectivity index (χ3v) is 4.13. The maximum absolute atomic E-state index is 13.8. The van der Waals surface area contributed by atoms with Gasteiger partial charge in [-0.3, -0.25) is 0 Å². The molecule has 0 nitrogen and oxygen atoms in total. The zero-order chi connectivity index (χ0) is 15.9. The molecule has 0 bridgehead atoms. The Kier molecular flexibility index (Phi) is 6.11. The Bertz CT molecular complexity index is 587. The first-order valence-corrected chi connectivity index (χ1v) is 8.13. The number of aryl methyl sites for hydroxylation is 1. The van der Waals surface area contributed by atoms with Gasteiger partial charge in [0.25, 0.3) is 0 Å². The average Bonchev–Trinajstić information content (AvgIpc) is 2.49. The Morgan fingerprint density at radius 3 is 2.23 bits per heavy atom. The Labute approximate surface area is 132 Å². The summed E-state index contributed by atoms with van der Waals surface area (Å²) >= 11 is 0. The van der Waals surface area contributed by atoms with Gasteiger partial charge in [0.15, 0.2) is 0 Å². The maximum Gasteiger partial charge on any atom is 0.129 e. The molecule has 0 radical (unpaired) electrons. The average molecular weight is 302 g/mol. The quantitative estimate of drug-likeness (QED) is 0.547. The second-order valence-corrected chi connectivity index (χ2v) is 6.04. The molecular formula is C20H24F2. The first kappa shape index (κ1) is 16.7. The molecule has 22 heavy (non-hydrogen) atoms. The summed E-state index contributed by atoms with van der Waals surface area (Å²) in [6.45, 7) is 4.19. The smallest absolute Gasteiger partial charge is 0.129 e. The van der Waals surface area contributed by atoms with Crippen LogP contribution in [0.2, 0.25) is 0 Å². The van der Waals surface area contributed by atoms with Crippen LogP contribution in [0.1, 0.15) is 55.7 Å². The maximum atomic E-state index is 13.8. The summed E-state index contributed by atoms with van der Waals surface area (Å²) in [6, 6.07) is 12.4. The third-order valence-electron chi connectivity index (χ3n) is 4.13. The fourth-order valence-corrected chi connectivity index (χ4v) is 2.79. The second-order valence-electron chi connectivity index (χ2n) is 6.04. The third kappa shape index (κ3) is 4.66. The molecule has 0 aliphatic carbocycles. The van der Waals surface area contributed by atoms with Crippen LogP contribution in [-0.4, -0.2) is 0 Å². The number of hydrogen-bond donors (Lipinski definition) is 0. The Hall–Kier alpha value is -1.70. The van der Waals surface area contributed by atoms with Crippen LogP contribution in [0.5, 0.6) is 0 Å². The molecule has 0 saturated carbocycles. The van der Waals surface area contributed by atoms with Crippen molar-refractivity contribution in [2.75, 3.05) is 0 Å². The molecule has 0 amide bonds. The van der Waals surface area contributed by atoms with E-state index in [4.69, 9.17) is 0 Å². The number of unbranched alkanes of at least 4 members (excludes halogenated alkanes) is 2. The van der Waals surface area contributed by atoms with E-state index in [0.29, 0.717) is 5.56 Å². The van der Waals surface area contributed by atoms with E-state index in [1.807, 2.05) is 6.92 Å². The van der Waals surface area contributed by atoms with Crippen LogP contribution >= 0.6 is 0 Å². The van der Waals surface area contributed by atoms with Crippen LogP contribution in [0, 0.1) is 11.6 Å². The van der Waals surface area contributed by atoms with Gasteiger partial charge in [-0.2, -0.15) is 0 Å². The normalized spacial score (nSPS) is 12.4. The molecule has 2 aromatic carbocycles. The minimum absolute atomic E-state index is 0.0338. The highest BCUT2D eigenvalue weighted by atomic mass is 19.1. The highest BCUT2D eigenvalue weighted by Crippen LogP contribution is 2.24. The van der Waals surface area contributed by atoms with Crippen molar-refractivity contribution < 1.29 is 8.78 Å². The van der Waals surface area contributed by atoms with Crippen LogP contribution < -0.4 is 0 Å². The van der Waals surface area contributed by atoms with Gasteiger partial charge in [-0.25, -0.2) is 8.78 Å². The van der Waals surface area contributed by atoms with E-state index in [1.165, 1.54) is 36.5 Å². The molecule has 118 valence electrons. The monoisotopic (exact) mass is 302 g/mol. The number of benzene rings is 2. The number of rotatable bonds is 7. The van der Waals surface area contributed by atoms with Crippen LogP contribution in [0.25, 0.3) is 0 Å². The van der Waals surface area contributed by atoms with E-state index in [-0.39, 0.29) is 5.92 Å². The van der Waals surface area contributed by atoms with Crippen molar-refractivity contribution in [1.82, 2.24) is 0 Å². The molecule has 0 aromatic heterocycles. The first-order valence-electron chi connectivity index (χ1n) is 8.13. The van der Waals surface area contributed by atoms with Crippen LogP contribution in [0.15, 0.2) is 42.5 Å². The summed E-state index contributed by atoms with van der Waals surface area (Å²) in [4.78, 5) is 0. The Morgan fingerprint density at radius 1 is 0.909 bits per heavy atom. The zero-order valence-electron chi connectivity index (χ0n) is 13.4. The van der Waals surface area contributed by atoms with Gasteiger partial charge in [-0.1, -0.05) is 57.0 Å². The van der Waals surface area contributed by atoms with Gasteiger partial charge < -0.3 is 0 Å². The molecule has 0 fully saturated rings. The van der Waals surface area contributed by atoms with Crippen LogP contribution in [0.3, 0.4) is 0 Å². The summed E-state index contributed by atoms with van der Waals surface area (Å²) in [5, 5.41) is 0. The molecular weight excluding hydrogens is 278 g/mol. The lowest BCUT2D eigenvalue weighted by atomic mass is 9.92. The van der Waals surface area contributed by atoms with Gasteiger partial charge in [0.1, 0.15) is 11.6 Å². The molecule has 0 N–H and O–H groups in total. The van der Waals surface area contributed by atoms with Crippen molar-refractivity contribution in [2.45, 2.75) is 51.9 Å². The SMILES string of the molecule is CCCCCc1ccc(C[C@@H](C)c2ccc(F)cc2F)cc1.